The van der Waals surface area contributed by atoms with E-state index in [1.807, 2.05) is 0 Å². The van der Waals surface area contributed by atoms with E-state index in [1.54, 1.807) is 0 Å². The van der Waals surface area contributed by atoms with Gasteiger partial charge in [0.15, 0.2) is 0 Å². The third-order valence-electron chi connectivity index (χ3n) is 3.67. The quantitative estimate of drug-likeness (QED) is 0.796. The summed E-state index contributed by atoms with van der Waals surface area (Å²) >= 11 is 0. The van der Waals surface area contributed by atoms with E-state index in [9.17, 15) is 0 Å². The lowest BCUT2D eigenvalue weighted by atomic mass is 10.00. The van der Waals surface area contributed by atoms with Crippen molar-refractivity contribution in [1.29, 1.82) is 0 Å². The van der Waals surface area contributed by atoms with Gasteiger partial charge in [0.2, 0.25) is 0 Å². The molecular formula is C13H26N2O2. The molecule has 0 amide bonds. The fraction of sp³-hybridized carbons (Fsp3) is 1.00. The van der Waals surface area contributed by atoms with E-state index in [4.69, 9.17) is 9.47 Å². The largest absolute Gasteiger partial charge is 0.375 e. The summed E-state index contributed by atoms with van der Waals surface area (Å²) in [6, 6.07) is 0.588. The van der Waals surface area contributed by atoms with E-state index in [0.29, 0.717) is 24.4 Å². The molecule has 4 heteroatoms. The Morgan fingerprint density at radius 3 is 2.59 bits per heavy atom. The van der Waals surface area contributed by atoms with Gasteiger partial charge in [-0.15, -0.1) is 0 Å². The first-order valence-corrected chi connectivity index (χ1v) is 6.82. The van der Waals surface area contributed by atoms with Gasteiger partial charge in [0.05, 0.1) is 24.9 Å². The van der Waals surface area contributed by atoms with E-state index in [1.165, 1.54) is 0 Å². The lowest BCUT2D eigenvalue weighted by Gasteiger charge is -2.35. The Balaban J connectivity index is 1.70. The number of nitrogens with one attached hydrogen (secondary N) is 1. The standard InChI is InChI=1S/C13H26N2O2/c1-10-6-12(7-11(2)17-10)14-8-13-9-15(3)4-5-16-13/h10-14H,4-9H2,1-3H3. The first kappa shape index (κ1) is 13.3. The lowest BCUT2D eigenvalue weighted by molar-refractivity contribution is -0.0499. The summed E-state index contributed by atoms with van der Waals surface area (Å²) in [4.78, 5) is 2.34. The van der Waals surface area contributed by atoms with Crippen molar-refractivity contribution in [2.24, 2.45) is 0 Å². The Hall–Kier alpha value is -0.160. The van der Waals surface area contributed by atoms with Crippen molar-refractivity contribution in [3.05, 3.63) is 0 Å². The minimum atomic E-state index is 0.349. The van der Waals surface area contributed by atoms with E-state index >= 15 is 0 Å². The molecule has 0 spiro atoms. The molecule has 1 N–H and O–H groups in total. The summed E-state index contributed by atoms with van der Waals surface area (Å²) in [5, 5.41) is 3.64. The maximum atomic E-state index is 5.76. The Morgan fingerprint density at radius 2 is 1.94 bits per heavy atom. The molecule has 3 unspecified atom stereocenters. The summed E-state index contributed by atoms with van der Waals surface area (Å²) in [5.74, 6) is 0. The molecule has 17 heavy (non-hydrogen) atoms. The second kappa shape index (κ2) is 6.14. The summed E-state index contributed by atoms with van der Waals surface area (Å²) in [6.45, 7) is 8.26. The monoisotopic (exact) mass is 242 g/mol. The third kappa shape index (κ3) is 4.21. The molecule has 4 nitrogen and oxygen atoms in total. The van der Waals surface area contributed by atoms with Gasteiger partial charge in [-0.05, 0) is 33.7 Å². The molecule has 0 aromatic rings. The molecule has 0 aliphatic carbocycles. The summed E-state index contributed by atoms with van der Waals surface area (Å²) < 4.78 is 11.5. The van der Waals surface area contributed by atoms with Gasteiger partial charge in [-0.25, -0.2) is 0 Å². The molecule has 2 rings (SSSR count). The topological polar surface area (TPSA) is 33.7 Å². The van der Waals surface area contributed by atoms with Crippen LogP contribution in [0.3, 0.4) is 0 Å². The molecule has 2 aliphatic heterocycles. The minimum absolute atomic E-state index is 0.349. The zero-order chi connectivity index (χ0) is 12.3. The van der Waals surface area contributed by atoms with Gasteiger partial charge in [0.1, 0.15) is 0 Å². The first-order chi connectivity index (χ1) is 8.13. The van der Waals surface area contributed by atoms with Crippen LogP contribution in [-0.4, -0.2) is 62.5 Å². The van der Waals surface area contributed by atoms with Crippen molar-refractivity contribution in [2.75, 3.05) is 33.3 Å². The third-order valence-corrected chi connectivity index (χ3v) is 3.67. The maximum Gasteiger partial charge on any atom is 0.0826 e. The Labute approximate surface area is 105 Å². The van der Waals surface area contributed by atoms with Crippen LogP contribution in [-0.2, 0) is 9.47 Å². The Morgan fingerprint density at radius 1 is 1.24 bits per heavy atom. The summed E-state index contributed by atoms with van der Waals surface area (Å²) in [5.41, 5.74) is 0. The van der Waals surface area contributed by atoms with Crippen molar-refractivity contribution >= 4 is 0 Å². The minimum Gasteiger partial charge on any atom is -0.375 e. The Kier molecular flexibility index (Phi) is 4.79. The van der Waals surface area contributed by atoms with Crippen molar-refractivity contribution in [3.63, 3.8) is 0 Å². The molecule has 0 aromatic heterocycles. The molecule has 2 saturated heterocycles. The fourth-order valence-corrected chi connectivity index (χ4v) is 2.86. The number of morpholine rings is 1. The van der Waals surface area contributed by atoms with Crippen LogP contribution in [0.4, 0.5) is 0 Å². The molecule has 0 saturated carbocycles. The highest BCUT2D eigenvalue weighted by Gasteiger charge is 2.25. The molecule has 3 atom stereocenters. The molecule has 0 radical (unpaired) electrons. The van der Waals surface area contributed by atoms with E-state index in [-0.39, 0.29) is 0 Å². The highest BCUT2D eigenvalue weighted by atomic mass is 16.5. The van der Waals surface area contributed by atoms with Crippen molar-refractivity contribution in [3.8, 4) is 0 Å². The number of hydrogen-bond donors (Lipinski definition) is 1. The number of rotatable bonds is 3. The average molecular weight is 242 g/mol. The second-order valence-electron chi connectivity index (χ2n) is 5.59. The van der Waals surface area contributed by atoms with Gasteiger partial charge in [0.25, 0.3) is 0 Å². The normalized spacial score (nSPS) is 40.4. The van der Waals surface area contributed by atoms with Gasteiger partial charge in [0, 0.05) is 25.7 Å². The molecule has 2 aliphatic rings. The van der Waals surface area contributed by atoms with Gasteiger partial charge in [-0.2, -0.15) is 0 Å². The van der Waals surface area contributed by atoms with Crippen LogP contribution in [0, 0.1) is 0 Å². The molecular weight excluding hydrogens is 216 g/mol. The Bertz CT molecular complexity index is 227. The van der Waals surface area contributed by atoms with Gasteiger partial charge in [-0.1, -0.05) is 0 Å². The number of hydrogen-bond acceptors (Lipinski definition) is 4. The first-order valence-electron chi connectivity index (χ1n) is 6.82. The van der Waals surface area contributed by atoms with Gasteiger partial charge in [-0.3, -0.25) is 0 Å². The lowest BCUT2D eigenvalue weighted by Crippen LogP contribution is -2.49. The fourth-order valence-electron chi connectivity index (χ4n) is 2.86. The maximum absolute atomic E-state index is 5.76. The predicted octanol–water partition coefficient (Wildman–Crippen LogP) is 0.863. The van der Waals surface area contributed by atoms with Crippen molar-refractivity contribution < 1.29 is 9.47 Å². The van der Waals surface area contributed by atoms with Crippen molar-refractivity contribution in [2.45, 2.75) is 51.0 Å². The molecule has 2 heterocycles. The number of ether oxygens (including phenoxy) is 2. The zero-order valence-electron chi connectivity index (χ0n) is 11.3. The number of nitrogens with zero attached hydrogens (tertiary/aromatic N) is 1. The van der Waals surface area contributed by atoms with Crippen LogP contribution < -0.4 is 5.32 Å². The highest BCUT2D eigenvalue weighted by Crippen LogP contribution is 2.19. The van der Waals surface area contributed by atoms with E-state index in [0.717, 1.165) is 39.1 Å². The van der Waals surface area contributed by atoms with Crippen LogP contribution >= 0.6 is 0 Å². The van der Waals surface area contributed by atoms with Crippen LogP contribution in [0.5, 0.6) is 0 Å². The summed E-state index contributed by atoms with van der Waals surface area (Å²) in [6.07, 6.45) is 3.35. The average Bonchev–Trinajstić information content (AvgIpc) is 2.25. The van der Waals surface area contributed by atoms with E-state index < -0.39 is 0 Å². The van der Waals surface area contributed by atoms with Gasteiger partial charge < -0.3 is 19.7 Å². The van der Waals surface area contributed by atoms with Gasteiger partial charge >= 0.3 is 0 Å². The van der Waals surface area contributed by atoms with Crippen LogP contribution in [0.15, 0.2) is 0 Å². The zero-order valence-corrected chi connectivity index (χ0v) is 11.3. The van der Waals surface area contributed by atoms with Crippen LogP contribution in [0.25, 0.3) is 0 Å². The SMILES string of the molecule is CC1CC(NCC2CN(C)CCO2)CC(C)O1. The van der Waals surface area contributed by atoms with Crippen LogP contribution in [0.2, 0.25) is 0 Å². The second-order valence-corrected chi connectivity index (χ2v) is 5.59. The summed E-state index contributed by atoms with van der Waals surface area (Å²) in [7, 11) is 2.16. The molecule has 100 valence electrons. The molecule has 2 fully saturated rings. The smallest absolute Gasteiger partial charge is 0.0826 e. The highest BCUT2D eigenvalue weighted by molar-refractivity contribution is 4.81. The number of likely N-dealkylation sites (N-methyl/N-ethyl adjacent to an activating group) is 1. The molecule has 0 aromatic carbocycles. The van der Waals surface area contributed by atoms with Crippen LogP contribution in [0.1, 0.15) is 26.7 Å². The van der Waals surface area contributed by atoms with E-state index in [2.05, 4.69) is 31.1 Å². The molecule has 0 bridgehead atoms. The predicted molar refractivity (Wildman–Crippen MR) is 68.3 cm³/mol. The van der Waals surface area contributed by atoms with Crippen molar-refractivity contribution in [1.82, 2.24) is 10.2 Å².